The second-order valence-corrected chi connectivity index (χ2v) is 12.8. The lowest BCUT2D eigenvalue weighted by Crippen LogP contribution is -2.48. The van der Waals surface area contributed by atoms with Gasteiger partial charge in [-0.3, -0.25) is 9.59 Å². The van der Waals surface area contributed by atoms with Crippen molar-refractivity contribution in [2.24, 2.45) is 0 Å². The van der Waals surface area contributed by atoms with E-state index in [-0.39, 0.29) is 32.5 Å². The Morgan fingerprint density at radius 1 is 0.981 bits per heavy atom. The van der Waals surface area contributed by atoms with E-state index in [1.807, 2.05) is 0 Å². The molecule has 12 heteroatoms. The first kappa shape index (κ1) is 22.0. The largest absolute Gasteiger partial charge is 0.416 e. The van der Waals surface area contributed by atoms with Crippen LogP contribution in [0.5, 0.6) is 0 Å². The van der Waals surface area contributed by atoms with Gasteiger partial charge in [0, 0.05) is 62.1 Å². The third-order valence-electron chi connectivity index (χ3n) is 8.41. The van der Waals surface area contributed by atoms with E-state index in [9.17, 15) is 22.4 Å². The predicted octanol–water partition coefficient (Wildman–Crippen LogP) is 8.71. The Morgan fingerprint density at radius 3 is 2.42 bits per heavy atom. The van der Waals surface area contributed by atoms with E-state index in [0.29, 0.717) is 11.8 Å². The van der Waals surface area contributed by atoms with E-state index in [0.717, 1.165) is 23.5 Å². The van der Waals surface area contributed by atoms with E-state index >= 15 is 9.18 Å². The summed E-state index contributed by atoms with van der Waals surface area (Å²) < 4.78 is 222. The van der Waals surface area contributed by atoms with Gasteiger partial charge in [0.15, 0.2) is 17.1 Å². The third-order valence-corrected chi connectivity index (χ3v) is 9.44. The summed E-state index contributed by atoms with van der Waals surface area (Å²) in [7, 11) is 1.16. The molecule has 0 bridgehead atoms. The van der Waals surface area contributed by atoms with Gasteiger partial charge < -0.3 is 19.1 Å². The van der Waals surface area contributed by atoms with Crippen molar-refractivity contribution in [3.8, 4) is 11.1 Å². The maximum Gasteiger partial charge on any atom is 0.416 e. The van der Waals surface area contributed by atoms with Crippen molar-refractivity contribution in [2.75, 3.05) is 33.3 Å². The Hall–Kier alpha value is -4.52. The zero-order valence-corrected chi connectivity index (χ0v) is 28.9. The van der Waals surface area contributed by atoms with Gasteiger partial charge in [0.25, 0.3) is 0 Å². The summed E-state index contributed by atoms with van der Waals surface area (Å²) >= 11 is 0.358. The summed E-state index contributed by atoms with van der Waals surface area (Å²) in [6.45, 7) is -3.09. The van der Waals surface area contributed by atoms with Crippen molar-refractivity contribution in [3.63, 3.8) is 0 Å². The van der Waals surface area contributed by atoms with Gasteiger partial charge in [-0.1, -0.05) is 60.4 Å². The number of amides is 1. The van der Waals surface area contributed by atoms with Crippen molar-refractivity contribution < 1.29 is 54.8 Å². The Morgan fingerprint density at radius 2 is 1.70 bits per heavy atom. The summed E-state index contributed by atoms with van der Waals surface area (Å²) in [6, 6.07) is -15.8. The molecular formula is C41H40F5N3O3S. The molecule has 0 spiro atoms. The summed E-state index contributed by atoms with van der Waals surface area (Å²) in [6.07, 6.45) is -5.08. The SMILES string of the molecule is [2H]c1c([2H])c(F)c(F)c(CSc2c([2H])c(=O)c3c([2H])c([2H])c([2H])c([2H])c3n2CC(=O)N(Cc2c([2H])c([2H])c(-c3c([2H])c([2H])c(C(F)(F)F)c(C)c3[2H])c([2H])c2[2H])C2CCN(CC([2H])([2H])OC)CC2)c1[2H]. The second-order valence-electron chi connectivity index (χ2n) is 11.8. The number of thioether (sulfide) groups is 1. The molecular weight excluding hydrogens is 710 g/mol. The first-order chi connectivity index (χ1) is 32.4. The molecule has 5 aromatic rings. The van der Waals surface area contributed by atoms with Crippen LogP contribution in [0.2, 0.25) is 0 Å². The lowest BCUT2D eigenvalue weighted by atomic mass is 9.98. The number of halogens is 5. The zero-order chi connectivity index (χ0) is 52.5. The number of rotatable bonds is 12. The molecule has 1 aromatic heterocycles. The Labute approximate surface area is 333 Å². The summed E-state index contributed by atoms with van der Waals surface area (Å²) in [4.78, 5) is 31.7. The number of ether oxygens (including phenoxy) is 1. The minimum Gasteiger partial charge on any atom is -0.383 e. The Bertz CT molecular complexity index is 2970. The smallest absolute Gasteiger partial charge is 0.383 e. The van der Waals surface area contributed by atoms with Crippen molar-refractivity contribution >= 4 is 28.6 Å². The number of piperidine rings is 1. The number of aromatic nitrogens is 1. The van der Waals surface area contributed by atoms with Gasteiger partial charge in [-0.25, -0.2) is 8.78 Å². The van der Waals surface area contributed by atoms with Crippen LogP contribution in [0.3, 0.4) is 0 Å². The topological polar surface area (TPSA) is 54.8 Å². The number of hydrogen-bond acceptors (Lipinski definition) is 5. The Balaban J connectivity index is 1.54. The van der Waals surface area contributed by atoms with Gasteiger partial charge in [0.05, 0.1) is 46.0 Å². The van der Waals surface area contributed by atoms with Crippen molar-refractivity contribution in [3.05, 3.63) is 135 Å². The minimum absolute atomic E-state index is 0.0433. The number of para-hydroxylation sites is 1. The molecule has 6 rings (SSSR count). The lowest BCUT2D eigenvalue weighted by Gasteiger charge is -2.39. The van der Waals surface area contributed by atoms with Crippen LogP contribution in [0.4, 0.5) is 22.0 Å². The number of fused-ring (bicyclic) bond motifs is 1. The van der Waals surface area contributed by atoms with Crippen molar-refractivity contribution in [1.82, 2.24) is 14.4 Å². The number of likely N-dealkylation sites (tertiary alicyclic amines) is 1. The third kappa shape index (κ3) is 9.00. The van der Waals surface area contributed by atoms with E-state index in [4.69, 9.17) is 28.0 Å². The average molecular weight is 767 g/mol. The van der Waals surface area contributed by atoms with Crippen molar-refractivity contribution in [1.29, 1.82) is 0 Å². The standard InChI is InChI=1S/C41H40F5N3O3S/c1-27-22-30(14-15-34(27)41(44,45)46)29-12-10-28(11-13-29)24-48(32-16-18-47(19-17-32)20-21-52-2)38(51)25-49-36-9-4-3-7-33(36)37(50)23-39(49)53-26-31-6-5-8-35(42)40(31)43/h3-15,22-23,32H,16-21,24-26H2,1-2H3/i3D,4D,5D,6D,7D,8D,9D,10D,11D,12D,13D,14D,15D,21D2,22D,23D. The van der Waals surface area contributed by atoms with Gasteiger partial charge >= 0.3 is 6.18 Å². The molecule has 0 aliphatic carbocycles. The molecule has 1 aliphatic heterocycles. The van der Waals surface area contributed by atoms with Gasteiger partial charge in [-0.2, -0.15) is 13.2 Å². The average Bonchev–Trinajstić information content (AvgIpc) is 3.30. The maximum atomic E-state index is 15.3. The number of alkyl halides is 3. The highest BCUT2D eigenvalue weighted by Gasteiger charge is 2.32. The van der Waals surface area contributed by atoms with Crippen LogP contribution < -0.4 is 5.43 Å². The van der Waals surface area contributed by atoms with E-state index in [2.05, 4.69) is 0 Å². The van der Waals surface area contributed by atoms with E-state index < -0.39 is 201 Å². The molecule has 1 amide bonds. The maximum absolute atomic E-state index is 15.3. The number of methoxy groups -OCH3 is 1. The van der Waals surface area contributed by atoms with Gasteiger partial charge in [-0.15, -0.1) is 11.8 Å². The van der Waals surface area contributed by atoms with Crippen LogP contribution in [0.15, 0.2) is 100 Å². The van der Waals surface area contributed by atoms with E-state index in [1.165, 1.54) is 0 Å². The molecule has 6 nitrogen and oxygen atoms in total. The highest BCUT2D eigenvalue weighted by molar-refractivity contribution is 7.98. The van der Waals surface area contributed by atoms with Crippen LogP contribution in [0, 0.1) is 18.6 Å². The number of nitrogens with zero attached hydrogens (tertiary/aromatic N) is 3. The van der Waals surface area contributed by atoms with Gasteiger partial charge in [0.2, 0.25) is 5.91 Å². The molecule has 2 heterocycles. The van der Waals surface area contributed by atoms with Crippen LogP contribution in [0.1, 0.15) is 58.4 Å². The molecule has 0 saturated carbocycles. The molecule has 1 fully saturated rings. The van der Waals surface area contributed by atoms with Crippen LogP contribution in [0.25, 0.3) is 22.0 Å². The van der Waals surface area contributed by atoms with Gasteiger partial charge in [0.1, 0.15) is 6.54 Å². The fourth-order valence-corrected chi connectivity index (χ4v) is 6.68. The van der Waals surface area contributed by atoms with Crippen LogP contribution in [-0.2, 0) is 34.6 Å². The Kier molecular flexibility index (Phi) is 6.91. The molecule has 1 saturated heterocycles. The normalized spacial score (nSPS) is 19.0. The zero-order valence-electron chi connectivity index (χ0n) is 45.1. The van der Waals surface area contributed by atoms with Gasteiger partial charge in [-0.05, 0) is 66.2 Å². The predicted molar refractivity (Wildman–Crippen MR) is 198 cm³/mol. The van der Waals surface area contributed by atoms with E-state index in [1.54, 1.807) is 4.90 Å². The monoisotopic (exact) mass is 766 g/mol. The van der Waals surface area contributed by atoms with Crippen molar-refractivity contribution in [2.45, 2.75) is 55.9 Å². The number of hydrogen-bond donors (Lipinski definition) is 0. The molecule has 0 atom stereocenters. The summed E-state index contributed by atoms with van der Waals surface area (Å²) in [5, 5.41) is -1.32. The second kappa shape index (κ2) is 16.7. The summed E-state index contributed by atoms with van der Waals surface area (Å²) in [5.41, 5.74) is -7.19. The first-order valence-electron chi connectivity index (χ1n) is 24.4. The highest BCUT2D eigenvalue weighted by atomic mass is 32.2. The highest BCUT2D eigenvalue weighted by Crippen LogP contribution is 2.34. The molecule has 1 aliphatic rings. The fraction of sp³-hybridized carbons (Fsp3) is 0.317. The first-order valence-corrected chi connectivity index (χ1v) is 16.9. The fourth-order valence-electron chi connectivity index (χ4n) is 5.72. The molecule has 53 heavy (non-hydrogen) atoms. The number of benzene rings is 4. The number of pyridine rings is 1. The van der Waals surface area contributed by atoms with Crippen LogP contribution in [-0.4, -0.2) is 59.6 Å². The molecule has 0 N–H and O–H groups in total. The number of carbonyl (C=O) groups excluding carboxylic acids is 1. The number of carbonyl (C=O) groups is 1. The molecule has 0 unspecified atom stereocenters. The quantitative estimate of drug-likeness (QED) is 0.0940. The summed E-state index contributed by atoms with van der Waals surface area (Å²) in [5.74, 6) is -5.32. The molecule has 0 radical (unpaired) electrons. The minimum atomic E-state index is -5.17. The molecule has 278 valence electrons. The van der Waals surface area contributed by atoms with Crippen LogP contribution >= 0.6 is 11.8 Å². The lowest BCUT2D eigenvalue weighted by molar-refractivity contribution is -0.138. The molecule has 4 aromatic carbocycles.